The molecule has 3 nitrogen and oxygen atoms in total. The smallest absolute Gasteiger partial charge is 0.251 e. The van der Waals surface area contributed by atoms with E-state index in [9.17, 15) is 8.78 Å². The lowest BCUT2D eigenvalue weighted by Crippen LogP contribution is -2.42. The lowest BCUT2D eigenvalue weighted by atomic mass is 9.77. The molecular weight excluding hydrogens is 178 g/mol. The molecule has 0 heterocycles. The molecule has 0 bridgehead atoms. The van der Waals surface area contributed by atoms with Gasteiger partial charge in [-0.1, -0.05) is 12.1 Å². The van der Waals surface area contributed by atoms with E-state index in [1.165, 1.54) is 6.92 Å². The van der Waals surface area contributed by atoms with Crippen LogP contribution in [-0.4, -0.2) is 17.0 Å². The van der Waals surface area contributed by atoms with E-state index in [0.717, 1.165) is 0 Å². The number of hydrogen-bond donors (Lipinski definition) is 2. The van der Waals surface area contributed by atoms with Gasteiger partial charge in [-0.15, -0.1) is 0 Å². The van der Waals surface area contributed by atoms with Crippen molar-refractivity contribution < 1.29 is 14.0 Å². The van der Waals surface area contributed by atoms with Crippen LogP contribution in [0.1, 0.15) is 26.2 Å². The monoisotopic (exact) mass is 192 g/mol. The zero-order valence-corrected chi connectivity index (χ0v) is 7.50. The number of oxime groups is 1. The molecule has 0 aromatic heterocycles. The summed E-state index contributed by atoms with van der Waals surface area (Å²) in [5.41, 5.74) is 5.33. The first-order valence-electron chi connectivity index (χ1n) is 4.34. The molecule has 0 unspecified atom stereocenters. The molecule has 1 fully saturated rings. The van der Waals surface area contributed by atoms with Gasteiger partial charge < -0.3 is 10.9 Å². The van der Waals surface area contributed by atoms with Gasteiger partial charge in [-0.25, -0.2) is 8.78 Å². The van der Waals surface area contributed by atoms with Crippen LogP contribution in [0.4, 0.5) is 8.78 Å². The summed E-state index contributed by atoms with van der Waals surface area (Å²) >= 11 is 0. The number of alkyl halides is 2. The van der Waals surface area contributed by atoms with Gasteiger partial charge in [0, 0.05) is 18.3 Å². The lowest BCUT2D eigenvalue weighted by Gasteiger charge is -2.34. The Morgan fingerprint density at radius 1 is 1.62 bits per heavy atom. The van der Waals surface area contributed by atoms with E-state index in [2.05, 4.69) is 5.16 Å². The predicted octanol–water partition coefficient (Wildman–Crippen LogP) is 1.80. The number of amidine groups is 1. The van der Waals surface area contributed by atoms with E-state index >= 15 is 0 Å². The molecule has 1 saturated carbocycles. The van der Waals surface area contributed by atoms with Crippen LogP contribution in [0.2, 0.25) is 0 Å². The van der Waals surface area contributed by atoms with Crippen molar-refractivity contribution in [1.82, 2.24) is 0 Å². The second-order valence-electron chi connectivity index (χ2n) is 3.57. The van der Waals surface area contributed by atoms with Crippen molar-refractivity contribution in [2.24, 2.45) is 22.7 Å². The fourth-order valence-electron chi connectivity index (χ4n) is 1.81. The molecule has 1 aliphatic rings. The molecule has 1 rings (SSSR count). The molecule has 1 aliphatic carbocycles. The van der Waals surface area contributed by atoms with Crippen LogP contribution >= 0.6 is 0 Å². The summed E-state index contributed by atoms with van der Waals surface area (Å²) in [5, 5.41) is 11.2. The van der Waals surface area contributed by atoms with Gasteiger partial charge >= 0.3 is 0 Å². The Hall–Kier alpha value is -0.870. The molecular formula is C8H14F2N2O. The molecule has 2 atom stereocenters. The SMILES string of the molecule is C[C@@H]1[C@@H](C(N)=NO)CCCC1(F)F. The minimum Gasteiger partial charge on any atom is -0.409 e. The first-order valence-corrected chi connectivity index (χ1v) is 4.34. The van der Waals surface area contributed by atoms with Crippen LogP contribution in [0.15, 0.2) is 5.16 Å². The Balaban J connectivity index is 2.77. The van der Waals surface area contributed by atoms with Gasteiger partial charge in [-0.05, 0) is 12.8 Å². The second-order valence-corrected chi connectivity index (χ2v) is 3.57. The molecule has 0 saturated heterocycles. The Kier molecular flexibility index (Phi) is 2.73. The third-order valence-corrected chi connectivity index (χ3v) is 2.79. The quantitative estimate of drug-likeness (QED) is 0.288. The highest BCUT2D eigenvalue weighted by atomic mass is 19.3. The molecule has 5 heteroatoms. The highest BCUT2D eigenvalue weighted by Crippen LogP contribution is 2.41. The first-order chi connectivity index (χ1) is 5.99. The second kappa shape index (κ2) is 3.47. The zero-order valence-electron chi connectivity index (χ0n) is 7.50. The highest BCUT2D eigenvalue weighted by molar-refractivity contribution is 5.82. The van der Waals surface area contributed by atoms with Crippen molar-refractivity contribution in [2.45, 2.75) is 32.1 Å². The Morgan fingerprint density at radius 2 is 2.23 bits per heavy atom. The number of hydrogen-bond acceptors (Lipinski definition) is 2. The summed E-state index contributed by atoms with van der Waals surface area (Å²) in [6.07, 6.45) is 0.911. The van der Waals surface area contributed by atoms with Gasteiger partial charge in [0.1, 0.15) is 5.84 Å². The summed E-state index contributed by atoms with van der Waals surface area (Å²) in [4.78, 5) is 0. The molecule has 0 aliphatic heterocycles. The first kappa shape index (κ1) is 10.2. The Morgan fingerprint density at radius 3 is 2.77 bits per heavy atom. The average molecular weight is 192 g/mol. The van der Waals surface area contributed by atoms with Gasteiger partial charge in [0.2, 0.25) is 0 Å². The number of nitrogens with two attached hydrogens (primary N) is 1. The van der Waals surface area contributed by atoms with Crippen molar-refractivity contribution in [3.05, 3.63) is 0 Å². The van der Waals surface area contributed by atoms with Crippen molar-refractivity contribution >= 4 is 5.84 Å². The molecule has 0 amide bonds. The van der Waals surface area contributed by atoms with E-state index in [0.29, 0.717) is 12.8 Å². The minimum atomic E-state index is -2.68. The average Bonchev–Trinajstić information content (AvgIpc) is 2.08. The van der Waals surface area contributed by atoms with Crippen molar-refractivity contribution in [3.63, 3.8) is 0 Å². The third-order valence-electron chi connectivity index (χ3n) is 2.79. The number of rotatable bonds is 1. The third kappa shape index (κ3) is 1.89. The van der Waals surface area contributed by atoms with Gasteiger partial charge in [0.05, 0.1) is 0 Å². The largest absolute Gasteiger partial charge is 0.409 e. The molecule has 0 aromatic carbocycles. The van der Waals surface area contributed by atoms with E-state index < -0.39 is 17.8 Å². The van der Waals surface area contributed by atoms with Crippen molar-refractivity contribution in [3.8, 4) is 0 Å². The van der Waals surface area contributed by atoms with E-state index in [1.54, 1.807) is 0 Å². The fourth-order valence-corrected chi connectivity index (χ4v) is 1.81. The van der Waals surface area contributed by atoms with Crippen molar-refractivity contribution in [2.75, 3.05) is 0 Å². The molecule has 13 heavy (non-hydrogen) atoms. The van der Waals surface area contributed by atoms with E-state index in [4.69, 9.17) is 10.9 Å². The number of halogens is 2. The molecule has 0 spiro atoms. The Bertz CT molecular complexity index is 218. The lowest BCUT2D eigenvalue weighted by molar-refractivity contribution is -0.0903. The molecule has 76 valence electrons. The molecule has 0 radical (unpaired) electrons. The van der Waals surface area contributed by atoms with Crippen molar-refractivity contribution in [1.29, 1.82) is 0 Å². The maximum absolute atomic E-state index is 13.2. The standard InChI is InChI=1S/C8H14F2N2O/c1-5-6(7(11)12-13)3-2-4-8(5,9)10/h5-6,13H,2-4H2,1H3,(H2,11,12)/t5-,6+/m1/s1. The molecule has 3 N–H and O–H groups in total. The maximum Gasteiger partial charge on any atom is 0.251 e. The summed E-state index contributed by atoms with van der Waals surface area (Å²) in [6.45, 7) is 1.45. The highest BCUT2D eigenvalue weighted by Gasteiger charge is 2.45. The van der Waals surface area contributed by atoms with Crippen LogP contribution < -0.4 is 5.73 Å². The van der Waals surface area contributed by atoms with Crippen LogP contribution in [0.25, 0.3) is 0 Å². The maximum atomic E-state index is 13.2. The van der Waals surface area contributed by atoms with Gasteiger partial charge in [-0.2, -0.15) is 0 Å². The fraction of sp³-hybridized carbons (Fsp3) is 0.875. The number of nitrogens with zero attached hydrogens (tertiary/aromatic N) is 1. The summed E-state index contributed by atoms with van der Waals surface area (Å²) in [5.74, 6) is -4.09. The summed E-state index contributed by atoms with van der Waals surface area (Å²) in [6, 6.07) is 0. The Labute approximate surface area is 75.6 Å². The molecule has 0 aromatic rings. The van der Waals surface area contributed by atoms with Gasteiger partial charge in [0.15, 0.2) is 0 Å². The van der Waals surface area contributed by atoms with E-state index in [-0.39, 0.29) is 12.3 Å². The van der Waals surface area contributed by atoms with Gasteiger partial charge in [-0.3, -0.25) is 0 Å². The summed E-state index contributed by atoms with van der Waals surface area (Å²) in [7, 11) is 0. The van der Waals surface area contributed by atoms with Gasteiger partial charge in [0.25, 0.3) is 5.92 Å². The minimum absolute atomic E-state index is 0.0770. The predicted molar refractivity (Wildman–Crippen MR) is 44.9 cm³/mol. The topological polar surface area (TPSA) is 58.6 Å². The summed E-state index contributed by atoms with van der Waals surface area (Å²) < 4.78 is 26.3. The van der Waals surface area contributed by atoms with Crippen LogP contribution in [0.3, 0.4) is 0 Å². The normalized spacial score (nSPS) is 34.5. The zero-order chi connectivity index (χ0) is 10.1. The van der Waals surface area contributed by atoms with Crippen LogP contribution in [0, 0.1) is 11.8 Å². The van der Waals surface area contributed by atoms with E-state index in [1.807, 2.05) is 0 Å². The van der Waals surface area contributed by atoms with Crippen LogP contribution in [0.5, 0.6) is 0 Å². The van der Waals surface area contributed by atoms with Crippen LogP contribution in [-0.2, 0) is 0 Å².